The Morgan fingerprint density at radius 3 is 2.12 bits per heavy atom. The second kappa shape index (κ2) is 7.45. The number of rotatable bonds is 7. The monoisotopic (exact) mass is 358 g/mol. The highest BCUT2D eigenvalue weighted by Gasteiger charge is 2.70. The van der Waals surface area contributed by atoms with E-state index >= 15 is 0 Å². The van der Waals surface area contributed by atoms with Crippen LogP contribution in [-0.2, 0) is 27.4 Å². The van der Waals surface area contributed by atoms with E-state index < -0.39 is 24.0 Å². The molecule has 1 spiro atoms. The molecule has 5 atom stereocenters. The number of aliphatic hydroxyl groups excluding tert-OH is 1. The quantitative estimate of drug-likeness (QED) is 0.827. The van der Waals surface area contributed by atoms with Gasteiger partial charge in [0.25, 0.3) is 0 Å². The molecule has 0 radical (unpaired) electrons. The van der Waals surface area contributed by atoms with Crippen molar-refractivity contribution in [2.75, 3.05) is 6.61 Å². The van der Waals surface area contributed by atoms with Gasteiger partial charge in [0.1, 0.15) is 17.8 Å². The fraction of sp³-hybridized carbons (Fsp3) is 0.429. The van der Waals surface area contributed by atoms with Crippen LogP contribution in [0.3, 0.4) is 0 Å². The molecule has 1 aliphatic heterocycles. The smallest absolute Gasteiger partial charge is 0.157 e. The summed E-state index contributed by atoms with van der Waals surface area (Å²) in [6, 6.07) is 19.5. The fourth-order valence-corrected chi connectivity index (χ4v) is 3.63. The Hall–Kier alpha value is -1.79. The lowest BCUT2D eigenvalue weighted by atomic mass is 10.1. The second-order valence-corrected chi connectivity index (χ2v) is 6.94. The standard InChI is InChI=1S/C21H23FO4/c22-19-17(12-23)26-21(20(19)25-14-16-9-5-2-6-10-16)11-18(21)24-13-15-7-3-1-4-8-15/h1-10,17-20,23H,11-14H2/t17?,18-,19+,20-,21?/m0/s1. The maximum absolute atomic E-state index is 14.8. The lowest BCUT2D eigenvalue weighted by Gasteiger charge is -2.21. The Labute approximate surface area is 152 Å². The Bertz CT molecular complexity index is 710. The Balaban J connectivity index is 1.41. The zero-order valence-corrected chi connectivity index (χ0v) is 14.5. The first-order valence-corrected chi connectivity index (χ1v) is 8.97. The van der Waals surface area contributed by atoms with Crippen LogP contribution >= 0.6 is 0 Å². The first-order valence-electron chi connectivity index (χ1n) is 8.97. The number of benzene rings is 2. The number of hydrogen-bond acceptors (Lipinski definition) is 4. The first-order chi connectivity index (χ1) is 12.7. The summed E-state index contributed by atoms with van der Waals surface area (Å²) in [6.07, 6.45) is -2.61. The van der Waals surface area contributed by atoms with Gasteiger partial charge in [-0.25, -0.2) is 4.39 Å². The van der Waals surface area contributed by atoms with Gasteiger partial charge in [-0.15, -0.1) is 0 Å². The third-order valence-electron chi connectivity index (χ3n) is 5.13. The van der Waals surface area contributed by atoms with Gasteiger partial charge >= 0.3 is 0 Å². The van der Waals surface area contributed by atoms with E-state index in [0.717, 1.165) is 11.1 Å². The highest BCUT2D eigenvalue weighted by molar-refractivity contribution is 5.21. The predicted octanol–water partition coefficient (Wildman–Crippen LogP) is 3.03. The molecule has 2 aromatic rings. The van der Waals surface area contributed by atoms with E-state index in [1.807, 2.05) is 60.7 Å². The third kappa shape index (κ3) is 3.40. The molecule has 0 amide bonds. The van der Waals surface area contributed by atoms with Crippen LogP contribution in [0.4, 0.5) is 4.39 Å². The minimum absolute atomic E-state index is 0.224. The molecule has 26 heavy (non-hydrogen) atoms. The summed E-state index contributed by atoms with van der Waals surface area (Å²) in [7, 11) is 0. The summed E-state index contributed by atoms with van der Waals surface area (Å²) >= 11 is 0. The molecule has 2 unspecified atom stereocenters. The summed E-state index contributed by atoms with van der Waals surface area (Å²) < 4.78 is 32.5. The molecular weight excluding hydrogens is 335 g/mol. The molecule has 0 aromatic heterocycles. The maximum atomic E-state index is 14.8. The molecule has 1 saturated carbocycles. The van der Waals surface area contributed by atoms with Gasteiger partial charge in [-0.05, 0) is 11.1 Å². The van der Waals surface area contributed by atoms with Gasteiger partial charge in [-0.2, -0.15) is 0 Å². The summed E-state index contributed by atoms with van der Waals surface area (Å²) in [5.74, 6) is 0. The van der Waals surface area contributed by atoms with Crippen LogP contribution in [0.25, 0.3) is 0 Å². The number of halogens is 1. The van der Waals surface area contributed by atoms with E-state index in [9.17, 15) is 9.50 Å². The van der Waals surface area contributed by atoms with Crippen LogP contribution < -0.4 is 0 Å². The Kier molecular flexibility index (Phi) is 5.05. The Morgan fingerprint density at radius 1 is 0.962 bits per heavy atom. The lowest BCUT2D eigenvalue weighted by Crippen LogP contribution is -2.36. The molecule has 1 N–H and O–H groups in total. The number of hydrogen-bond donors (Lipinski definition) is 1. The molecule has 138 valence electrons. The van der Waals surface area contributed by atoms with Gasteiger partial charge < -0.3 is 19.3 Å². The summed E-state index contributed by atoms with van der Waals surface area (Å²) in [5, 5.41) is 9.43. The van der Waals surface area contributed by atoms with Gasteiger partial charge in [0, 0.05) is 6.42 Å². The summed E-state index contributed by atoms with van der Waals surface area (Å²) in [5.41, 5.74) is 1.24. The van der Waals surface area contributed by atoms with E-state index in [-0.39, 0.29) is 12.7 Å². The van der Waals surface area contributed by atoms with Crippen LogP contribution in [0.15, 0.2) is 60.7 Å². The van der Waals surface area contributed by atoms with Crippen molar-refractivity contribution >= 4 is 0 Å². The molecule has 4 nitrogen and oxygen atoms in total. The van der Waals surface area contributed by atoms with Crippen molar-refractivity contribution < 1.29 is 23.7 Å². The third-order valence-corrected chi connectivity index (χ3v) is 5.13. The van der Waals surface area contributed by atoms with Crippen LogP contribution in [0.1, 0.15) is 17.5 Å². The molecule has 4 rings (SSSR count). The molecular formula is C21H23FO4. The average molecular weight is 358 g/mol. The van der Waals surface area contributed by atoms with Crippen molar-refractivity contribution in [3.05, 3.63) is 71.8 Å². The van der Waals surface area contributed by atoms with E-state index in [4.69, 9.17) is 14.2 Å². The van der Waals surface area contributed by atoms with Crippen LogP contribution in [-0.4, -0.2) is 41.8 Å². The summed E-state index contributed by atoms with van der Waals surface area (Å²) in [6.45, 7) is 0.392. The average Bonchev–Trinajstić information content (AvgIpc) is 3.31. The van der Waals surface area contributed by atoms with Gasteiger partial charge in [0.05, 0.1) is 25.9 Å². The SMILES string of the molecule is OCC1OC2(C[C@@H]2OCc2ccccc2)[C@@H](OCc2ccccc2)[C@@H]1F. The molecule has 2 aliphatic rings. The topological polar surface area (TPSA) is 47.9 Å². The molecule has 2 aromatic carbocycles. The molecule has 1 heterocycles. The molecule has 0 bridgehead atoms. The molecule has 1 saturated heterocycles. The van der Waals surface area contributed by atoms with E-state index in [0.29, 0.717) is 19.6 Å². The van der Waals surface area contributed by atoms with Crippen molar-refractivity contribution in [3.63, 3.8) is 0 Å². The van der Waals surface area contributed by atoms with Crippen molar-refractivity contribution in [3.8, 4) is 0 Å². The Morgan fingerprint density at radius 2 is 1.54 bits per heavy atom. The fourth-order valence-electron chi connectivity index (χ4n) is 3.63. The van der Waals surface area contributed by atoms with Crippen LogP contribution in [0, 0.1) is 0 Å². The normalized spacial score (nSPS) is 32.8. The lowest BCUT2D eigenvalue weighted by molar-refractivity contribution is -0.0863. The second-order valence-electron chi connectivity index (χ2n) is 6.94. The van der Waals surface area contributed by atoms with Gasteiger partial charge in [-0.1, -0.05) is 60.7 Å². The molecule has 2 fully saturated rings. The minimum atomic E-state index is -1.37. The number of aliphatic hydroxyl groups is 1. The van der Waals surface area contributed by atoms with E-state index in [1.54, 1.807) is 0 Å². The zero-order chi connectivity index (χ0) is 18.0. The van der Waals surface area contributed by atoms with E-state index in [2.05, 4.69) is 0 Å². The minimum Gasteiger partial charge on any atom is -0.394 e. The first kappa shape index (κ1) is 17.6. The predicted molar refractivity (Wildman–Crippen MR) is 94.2 cm³/mol. The van der Waals surface area contributed by atoms with Crippen LogP contribution in [0.2, 0.25) is 0 Å². The highest BCUT2D eigenvalue weighted by atomic mass is 19.1. The van der Waals surface area contributed by atoms with E-state index in [1.165, 1.54) is 0 Å². The van der Waals surface area contributed by atoms with Crippen molar-refractivity contribution in [1.29, 1.82) is 0 Å². The maximum Gasteiger partial charge on any atom is 0.157 e. The molecule has 5 heteroatoms. The highest BCUT2D eigenvalue weighted by Crippen LogP contribution is 2.54. The van der Waals surface area contributed by atoms with Crippen LogP contribution in [0.5, 0.6) is 0 Å². The number of ether oxygens (including phenoxy) is 3. The number of alkyl halides is 1. The molecule has 1 aliphatic carbocycles. The van der Waals surface area contributed by atoms with Crippen molar-refractivity contribution in [2.45, 2.75) is 49.7 Å². The summed E-state index contributed by atoms with van der Waals surface area (Å²) in [4.78, 5) is 0. The zero-order valence-electron chi connectivity index (χ0n) is 14.5. The van der Waals surface area contributed by atoms with Gasteiger partial charge in [0.15, 0.2) is 6.17 Å². The van der Waals surface area contributed by atoms with Crippen molar-refractivity contribution in [1.82, 2.24) is 0 Å². The van der Waals surface area contributed by atoms with Gasteiger partial charge in [0.2, 0.25) is 0 Å². The van der Waals surface area contributed by atoms with Gasteiger partial charge in [-0.3, -0.25) is 0 Å². The largest absolute Gasteiger partial charge is 0.394 e. The van der Waals surface area contributed by atoms with Crippen molar-refractivity contribution in [2.24, 2.45) is 0 Å².